The number of nitrogens with zero attached hydrogens (tertiary/aromatic N) is 2. The van der Waals surface area contributed by atoms with E-state index in [1.807, 2.05) is 6.07 Å². The van der Waals surface area contributed by atoms with Gasteiger partial charge in [-0.2, -0.15) is 4.57 Å². The summed E-state index contributed by atoms with van der Waals surface area (Å²) in [4.78, 5) is 11.9. The molecule has 6 nitrogen and oxygen atoms in total. The van der Waals surface area contributed by atoms with Crippen LogP contribution in [0.25, 0.3) is 44.9 Å². The molecule has 5 aromatic rings. The molecule has 42 heavy (non-hydrogen) atoms. The van der Waals surface area contributed by atoms with Crippen LogP contribution in [0.2, 0.25) is 0 Å². The molecule has 0 spiro atoms. The normalized spacial score (nSPS) is 12.7. The molecular formula is C36H41N2O4+. The van der Waals surface area contributed by atoms with E-state index in [1.165, 1.54) is 21.8 Å². The van der Waals surface area contributed by atoms with Crippen molar-refractivity contribution in [3.8, 4) is 0 Å². The Bertz CT molecular complexity index is 1760. The van der Waals surface area contributed by atoms with E-state index in [4.69, 9.17) is 9.47 Å². The summed E-state index contributed by atoms with van der Waals surface area (Å²) < 4.78 is 15.4. The molecule has 3 aromatic carbocycles. The first-order valence-corrected chi connectivity index (χ1v) is 14.6. The highest BCUT2D eigenvalue weighted by molar-refractivity contribution is 6.08. The van der Waals surface area contributed by atoms with E-state index in [-0.39, 0.29) is 0 Å². The standard InChI is InChI=1S/C36H40N2O4/c1-35(2,34(39)40)25-36(3,4)38-19-18-27(28-10-6-9-13-33(28)38)16-14-26-15-17-32-30(24-26)29-11-7-8-12-31(29)37(32)20-21-42-23-22-41-5/h6-19,24H,20-23,25H2,1-5H3/p+1. The summed E-state index contributed by atoms with van der Waals surface area (Å²) in [7, 11) is 1.69. The fraction of sp³-hybridized carbons (Fsp3) is 0.333. The van der Waals surface area contributed by atoms with Crippen LogP contribution in [0.1, 0.15) is 45.2 Å². The molecular weight excluding hydrogens is 524 g/mol. The molecule has 0 aliphatic heterocycles. The van der Waals surface area contributed by atoms with E-state index in [0.29, 0.717) is 26.2 Å². The number of carbonyl (C=O) groups is 1. The highest BCUT2D eigenvalue weighted by Gasteiger charge is 2.41. The second kappa shape index (κ2) is 12.1. The third-order valence-corrected chi connectivity index (χ3v) is 8.13. The van der Waals surface area contributed by atoms with Gasteiger partial charge in [0.2, 0.25) is 5.52 Å². The van der Waals surface area contributed by atoms with Crippen molar-refractivity contribution in [3.63, 3.8) is 0 Å². The van der Waals surface area contributed by atoms with Crippen molar-refractivity contribution < 1.29 is 23.9 Å². The molecule has 0 saturated carbocycles. The van der Waals surface area contributed by atoms with Gasteiger partial charge < -0.3 is 19.1 Å². The Balaban J connectivity index is 1.47. The number of hydrogen-bond acceptors (Lipinski definition) is 3. The summed E-state index contributed by atoms with van der Waals surface area (Å²) in [5.41, 5.74) is 4.50. The van der Waals surface area contributed by atoms with E-state index in [1.54, 1.807) is 21.0 Å². The second-order valence-electron chi connectivity index (χ2n) is 12.2. The number of aliphatic carboxylic acids is 1. The highest BCUT2D eigenvalue weighted by Crippen LogP contribution is 2.32. The zero-order valence-electron chi connectivity index (χ0n) is 25.3. The summed E-state index contributed by atoms with van der Waals surface area (Å²) in [6, 6.07) is 25.6. The summed E-state index contributed by atoms with van der Waals surface area (Å²) in [6.45, 7) is 10.4. The Labute approximate surface area is 247 Å². The minimum atomic E-state index is -0.838. The lowest BCUT2D eigenvalue weighted by molar-refractivity contribution is -0.737. The molecule has 0 unspecified atom stereocenters. The fourth-order valence-corrected chi connectivity index (χ4v) is 6.17. The largest absolute Gasteiger partial charge is 0.481 e. The molecule has 2 aromatic heterocycles. The lowest BCUT2D eigenvalue weighted by atomic mass is 9.79. The van der Waals surface area contributed by atoms with E-state index in [9.17, 15) is 9.90 Å². The molecule has 2 heterocycles. The van der Waals surface area contributed by atoms with Gasteiger partial charge >= 0.3 is 5.97 Å². The van der Waals surface area contributed by atoms with Crippen molar-refractivity contribution in [2.75, 3.05) is 26.9 Å². The van der Waals surface area contributed by atoms with Gasteiger partial charge in [0.05, 0.1) is 30.6 Å². The predicted molar refractivity (Wildman–Crippen MR) is 171 cm³/mol. The molecule has 0 bridgehead atoms. The van der Waals surface area contributed by atoms with Gasteiger partial charge in [0, 0.05) is 67.9 Å². The number of hydrogen-bond donors (Lipinski definition) is 1. The number of rotatable bonds is 12. The maximum absolute atomic E-state index is 11.9. The molecule has 1 N–H and O–H groups in total. The van der Waals surface area contributed by atoms with Crippen molar-refractivity contribution in [1.82, 2.24) is 4.57 Å². The molecule has 218 valence electrons. The zero-order chi connectivity index (χ0) is 29.9. The number of aromatic nitrogens is 2. The van der Waals surface area contributed by atoms with Gasteiger partial charge in [-0.15, -0.1) is 0 Å². The average molecular weight is 566 g/mol. The van der Waals surface area contributed by atoms with Crippen LogP contribution >= 0.6 is 0 Å². The molecule has 0 aliphatic rings. The summed E-state index contributed by atoms with van der Waals surface area (Å²) in [5.74, 6) is -0.782. The first-order valence-electron chi connectivity index (χ1n) is 14.6. The molecule has 5 rings (SSSR count). The Morgan fingerprint density at radius 1 is 0.857 bits per heavy atom. The van der Waals surface area contributed by atoms with Crippen LogP contribution < -0.4 is 4.57 Å². The molecule has 0 aliphatic carbocycles. The average Bonchev–Trinajstić information content (AvgIpc) is 3.28. The first-order chi connectivity index (χ1) is 20.1. The van der Waals surface area contributed by atoms with Crippen molar-refractivity contribution in [3.05, 3.63) is 90.1 Å². The molecule has 0 fully saturated rings. The maximum Gasteiger partial charge on any atom is 0.309 e. The van der Waals surface area contributed by atoms with Gasteiger partial charge in [-0.3, -0.25) is 4.79 Å². The summed E-state index contributed by atoms with van der Waals surface area (Å²) in [6.07, 6.45) is 6.94. The predicted octanol–water partition coefficient (Wildman–Crippen LogP) is 7.30. The van der Waals surface area contributed by atoms with Crippen LogP contribution in [0, 0.1) is 5.41 Å². The maximum atomic E-state index is 11.9. The van der Waals surface area contributed by atoms with Crippen LogP contribution in [-0.4, -0.2) is 42.6 Å². The monoisotopic (exact) mass is 565 g/mol. The quantitative estimate of drug-likeness (QED) is 0.127. The highest BCUT2D eigenvalue weighted by atomic mass is 16.5. The number of fused-ring (bicyclic) bond motifs is 4. The third kappa shape index (κ3) is 5.96. The summed E-state index contributed by atoms with van der Waals surface area (Å²) in [5, 5.41) is 13.3. The van der Waals surface area contributed by atoms with E-state index < -0.39 is 16.9 Å². The number of para-hydroxylation sites is 2. The van der Waals surface area contributed by atoms with Gasteiger partial charge in [0.1, 0.15) is 0 Å². The van der Waals surface area contributed by atoms with Crippen LogP contribution in [0.3, 0.4) is 0 Å². The van der Waals surface area contributed by atoms with Crippen LogP contribution in [0.4, 0.5) is 0 Å². The number of carboxylic acids is 1. The van der Waals surface area contributed by atoms with Crippen molar-refractivity contribution in [2.24, 2.45) is 5.41 Å². The lowest BCUT2D eigenvalue weighted by Crippen LogP contribution is -2.55. The van der Waals surface area contributed by atoms with E-state index in [0.717, 1.165) is 28.6 Å². The Morgan fingerprint density at radius 2 is 1.57 bits per heavy atom. The number of ether oxygens (including phenoxy) is 2. The van der Waals surface area contributed by atoms with Gasteiger partial charge in [0.15, 0.2) is 11.7 Å². The molecule has 0 saturated heterocycles. The van der Waals surface area contributed by atoms with Crippen molar-refractivity contribution >= 4 is 50.8 Å². The van der Waals surface area contributed by atoms with Gasteiger partial charge in [0.25, 0.3) is 0 Å². The summed E-state index contributed by atoms with van der Waals surface area (Å²) >= 11 is 0. The third-order valence-electron chi connectivity index (χ3n) is 8.13. The van der Waals surface area contributed by atoms with Crippen molar-refractivity contribution in [2.45, 2.75) is 46.2 Å². The van der Waals surface area contributed by atoms with Crippen LogP contribution in [-0.2, 0) is 26.4 Å². The van der Waals surface area contributed by atoms with Crippen molar-refractivity contribution in [1.29, 1.82) is 0 Å². The number of methoxy groups -OCH3 is 1. The van der Waals surface area contributed by atoms with Crippen LogP contribution in [0.5, 0.6) is 0 Å². The van der Waals surface area contributed by atoms with Crippen LogP contribution in [0.15, 0.2) is 79.0 Å². The topological polar surface area (TPSA) is 64.6 Å². The number of benzene rings is 3. The SMILES string of the molecule is COCCOCCn1c2ccccc2c2cc(/C=C/c3cc[n+](C(C)(C)CC(C)(C)C(=O)O)c4ccccc34)ccc21. The second-order valence-corrected chi connectivity index (χ2v) is 12.2. The minimum absolute atomic E-state index is 0.391. The van der Waals surface area contributed by atoms with E-state index >= 15 is 0 Å². The molecule has 0 radical (unpaired) electrons. The fourth-order valence-electron chi connectivity index (χ4n) is 6.17. The Kier molecular flexibility index (Phi) is 8.48. The minimum Gasteiger partial charge on any atom is -0.481 e. The zero-order valence-corrected chi connectivity index (χ0v) is 25.3. The lowest BCUT2D eigenvalue weighted by Gasteiger charge is -2.28. The Morgan fingerprint density at radius 3 is 2.33 bits per heavy atom. The van der Waals surface area contributed by atoms with Gasteiger partial charge in [-0.05, 0) is 49.2 Å². The Hall–Kier alpha value is -4.00. The van der Waals surface area contributed by atoms with E-state index in [2.05, 4.69) is 108 Å². The smallest absolute Gasteiger partial charge is 0.309 e. The number of carboxylic acid groups (broad SMARTS) is 1. The molecule has 0 amide bonds. The molecule has 6 heteroatoms. The van der Waals surface area contributed by atoms with Gasteiger partial charge in [-0.1, -0.05) is 48.6 Å². The first kappa shape index (κ1) is 29.5. The number of pyridine rings is 1. The molecule has 0 atom stereocenters. The van der Waals surface area contributed by atoms with Gasteiger partial charge in [-0.25, -0.2) is 0 Å².